The molecular weight excluding hydrogens is 360 g/mol. The summed E-state index contributed by atoms with van der Waals surface area (Å²) < 4.78 is 6.29. The molecule has 0 unspecified atom stereocenters. The summed E-state index contributed by atoms with van der Waals surface area (Å²) in [7, 11) is 0. The smallest absolute Gasteiger partial charge is 0.137 e. The van der Waals surface area contributed by atoms with Crippen molar-refractivity contribution >= 4 is 11.7 Å². The Morgan fingerprint density at radius 1 is 0.690 bits per heavy atom. The Kier molecular flexibility index (Phi) is 6.17. The van der Waals surface area contributed by atoms with E-state index in [9.17, 15) is 0 Å². The zero-order valence-electron chi connectivity index (χ0n) is 17.5. The van der Waals surface area contributed by atoms with Crippen LogP contribution in [-0.2, 0) is 0 Å². The number of furan rings is 1. The van der Waals surface area contributed by atoms with E-state index in [-0.39, 0.29) is 0 Å². The highest BCUT2D eigenvalue weighted by atomic mass is 16.3. The minimum atomic E-state index is 0.554. The highest BCUT2D eigenvalue weighted by Crippen LogP contribution is 2.36. The molecule has 1 heterocycles. The number of hydrogen-bond donors (Lipinski definition) is 2. The van der Waals surface area contributed by atoms with Gasteiger partial charge in [-0.25, -0.2) is 0 Å². The van der Waals surface area contributed by atoms with E-state index in [0.717, 1.165) is 44.9 Å². The number of nitrogens with zero attached hydrogens (tertiary/aromatic N) is 2. The first-order chi connectivity index (χ1) is 14.0. The average molecular weight is 389 g/mol. The van der Waals surface area contributed by atoms with Crippen molar-refractivity contribution in [3.63, 3.8) is 0 Å². The molecule has 5 nitrogen and oxygen atoms in total. The maximum Gasteiger partial charge on any atom is 0.137 e. The van der Waals surface area contributed by atoms with Crippen molar-refractivity contribution < 1.29 is 4.42 Å². The van der Waals surface area contributed by atoms with Gasteiger partial charge in [-0.2, -0.15) is 0 Å². The number of hydrogen-bond acceptors (Lipinski definition) is 3. The quantitative estimate of drug-likeness (QED) is 0.474. The molecule has 150 valence electrons. The molecule has 0 fully saturated rings. The maximum absolute atomic E-state index is 6.29. The highest BCUT2D eigenvalue weighted by Gasteiger charge is 2.17. The van der Waals surface area contributed by atoms with Gasteiger partial charge in [-0.3, -0.25) is 9.98 Å². The van der Waals surface area contributed by atoms with Crippen molar-refractivity contribution in [3.8, 4) is 22.6 Å². The molecule has 29 heavy (non-hydrogen) atoms. The van der Waals surface area contributed by atoms with Gasteiger partial charge < -0.3 is 15.9 Å². The Labute approximate surface area is 172 Å². The summed E-state index contributed by atoms with van der Waals surface area (Å²) in [6.07, 6.45) is 0. The van der Waals surface area contributed by atoms with Crippen LogP contribution in [0.5, 0.6) is 0 Å². The Morgan fingerprint density at radius 3 is 1.34 bits per heavy atom. The lowest BCUT2D eigenvalue weighted by atomic mass is 10.0. The fourth-order valence-corrected chi connectivity index (χ4v) is 3.25. The summed E-state index contributed by atoms with van der Waals surface area (Å²) in [5, 5.41) is 0. The normalized spacial score (nSPS) is 12.4. The predicted molar refractivity (Wildman–Crippen MR) is 122 cm³/mol. The molecule has 0 spiro atoms. The van der Waals surface area contributed by atoms with Crippen LogP contribution in [0.25, 0.3) is 22.6 Å². The van der Waals surface area contributed by atoms with E-state index >= 15 is 0 Å². The largest absolute Gasteiger partial charge is 0.456 e. The third-order valence-corrected chi connectivity index (χ3v) is 4.99. The van der Waals surface area contributed by atoms with Crippen molar-refractivity contribution in [3.05, 3.63) is 70.8 Å². The van der Waals surface area contributed by atoms with E-state index in [1.54, 1.807) is 0 Å². The van der Waals surface area contributed by atoms with Crippen molar-refractivity contribution in [2.75, 3.05) is 13.1 Å². The molecule has 0 saturated carbocycles. The van der Waals surface area contributed by atoms with Crippen molar-refractivity contribution in [1.82, 2.24) is 0 Å². The van der Waals surface area contributed by atoms with Crippen molar-refractivity contribution in [2.45, 2.75) is 27.7 Å². The van der Waals surface area contributed by atoms with Gasteiger partial charge in [-0.1, -0.05) is 48.5 Å². The average Bonchev–Trinajstić information content (AvgIpc) is 3.03. The second-order valence-electron chi connectivity index (χ2n) is 6.88. The second-order valence-corrected chi connectivity index (χ2v) is 6.88. The number of aliphatic imine (C=N–C) groups is 2. The van der Waals surface area contributed by atoms with Crippen molar-refractivity contribution in [2.24, 2.45) is 21.5 Å². The summed E-state index contributed by atoms with van der Waals surface area (Å²) in [5.74, 6) is 2.84. The maximum atomic E-state index is 6.29. The van der Waals surface area contributed by atoms with Crippen LogP contribution in [0, 0.1) is 13.8 Å². The number of nitrogens with two attached hydrogens (primary N) is 2. The minimum absolute atomic E-state index is 0.554. The molecule has 3 aromatic rings. The molecule has 0 saturated heterocycles. The van der Waals surface area contributed by atoms with E-state index in [1.165, 1.54) is 0 Å². The van der Waals surface area contributed by atoms with E-state index < -0.39 is 0 Å². The Morgan fingerprint density at radius 2 is 1.03 bits per heavy atom. The lowest BCUT2D eigenvalue weighted by Crippen LogP contribution is -2.13. The van der Waals surface area contributed by atoms with Crippen LogP contribution in [-0.4, -0.2) is 24.8 Å². The zero-order valence-corrected chi connectivity index (χ0v) is 17.5. The monoisotopic (exact) mass is 388 g/mol. The lowest BCUT2D eigenvalue weighted by Gasteiger charge is -2.04. The lowest BCUT2D eigenvalue weighted by molar-refractivity contribution is 0.594. The van der Waals surface area contributed by atoms with Crippen LogP contribution in [0.15, 0.2) is 62.9 Å². The van der Waals surface area contributed by atoms with Gasteiger partial charge in [-0.15, -0.1) is 0 Å². The van der Waals surface area contributed by atoms with Gasteiger partial charge in [0, 0.05) is 35.3 Å². The second kappa shape index (κ2) is 8.78. The molecule has 3 rings (SSSR count). The molecule has 2 aromatic carbocycles. The van der Waals surface area contributed by atoms with Gasteiger partial charge in [0.25, 0.3) is 0 Å². The molecule has 1 aromatic heterocycles. The van der Waals surface area contributed by atoms with Crippen LogP contribution in [0.1, 0.15) is 36.1 Å². The van der Waals surface area contributed by atoms with Gasteiger partial charge >= 0.3 is 0 Å². The molecule has 0 aliphatic heterocycles. The molecule has 0 aliphatic carbocycles. The predicted octanol–water partition coefficient (Wildman–Crippen LogP) is 4.68. The van der Waals surface area contributed by atoms with Crippen LogP contribution in [0.4, 0.5) is 0 Å². The van der Waals surface area contributed by atoms with Crippen LogP contribution < -0.4 is 11.5 Å². The molecule has 0 bridgehead atoms. The van der Waals surface area contributed by atoms with E-state index in [1.807, 2.05) is 62.4 Å². The van der Waals surface area contributed by atoms with Crippen LogP contribution in [0.3, 0.4) is 0 Å². The summed E-state index contributed by atoms with van der Waals surface area (Å²) >= 11 is 0. The fourth-order valence-electron chi connectivity index (χ4n) is 3.25. The van der Waals surface area contributed by atoms with Gasteiger partial charge in [-0.05, 0) is 38.8 Å². The molecule has 0 atom stereocenters. The molecule has 4 N–H and O–H groups in total. The van der Waals surface area contributed by atoms with Crippen LogP contribution in [0.2, 0.25) is 0 Å². The third-order valence-electron chi connectivity index (χ3n) is 4.99. The first kappa shape index (κ1) is 20.4. The van der Waals surface area contributed by atoms with Crippen LogP contribution >= 0.6 is 0 Å². The summed E-state index contributed by atoms with van der Waals surface area (Å²) in [6, 6.07) is 16.0. The fraction of sp³-hybridized carbons (Fsp3) is 0.250. The molecule has 0 radical (unpaired) electrons. The zero-order chi connectivity index (χ0) is 21.0. The summed E-state index contributed by atoms with van der Waals surface area (Å²) in [6.45, 7) is 9.44. The Bertz CT molecular complexity index is 958. The van der Waals surface area contributed by atoms with Crippen molar-refractivity contribution in [1.29, 1.82) is 0 Å². The topological polar surface area (TPSA) is 89.9 Å². The Hall–Kier alpha value is -3.34. The SMILES string of the molecule is CCN=C(N)c1ccc(-c2oc(-c3ccc(C(N)=NCC)cc3)c(C)c2C)cc1. The highest BCUT2D eigenvalue weighted by molar-refractivity contribution is 5.98. The van der Waals surface area contributed by atoms with Gasteiger partial charge in [0.2, 0.25) is 0 Å². The summed E-state index contributed by atoms with van der Waals surface area (Å²) in [5.41, 5.74) is 18.1. The van der Waals surface area contributed by atoms with E-state index in [2.05, 4.69) is 23.8 Å². The standard InChI is InChI=1S/C24H28N4O/c1-5-27-23(25)19-11-7-17(8-12-19)21-15(3)16(4)22(29-21)18-9-13-20(14-10-18)24(26)28-6-2/h7-14H,5-6H2,1-4H3,(H2,25,27)(H2,26,28). The number of benzene rings is 2. The summed E-state index contributed by atoms with van der Waals surface area (Å²) in [4.78, 5) is 8.51. The first-order valence-electron chi connectivity index (χ1n) is 9.87. The molecule has 5 heteroatoms. The third kappa shape index (κ3) is 4.24. The van der Waals surface area contributed by atoms with E-state index in [4.69, 9.17) is 15.9 Å². The van der Waals surface area contributed by atoms with Gasteiger partial charge in [0.05, 0.1) is 0 Å². The first-order valence-corrected chi connectivity index (χ1v) is 9.87. The number of amidine groups is 2. The number of rotatable bonds is 6. The van der Waals surface area contributed by atoms with Gasteiger partial charge in [0.1, 0.15) is 23.2 Å². The Balaban J connectivity index is 1.94. The molecule has 0 amide bonds. The minimum Gasteiger partial charge on any atom is -0.456 e. The van der Waals surface area contributed by atoms with E-state index in [0.29, 0.717) is 24.8 Å². The van der Waals surface area contributed by atoms with Gasteiger partial charge in [0.15, 0.2) is 0 Å². The molecular formula is C24H28N4O. The molecule has 0 aliphatic rings.